The quantitative estimate of drug-likeness (QED) is 0.534. The standard InChI is InChI=1S/C15H28O3/c1-2-3-11-18-15(17)10-9-14(16)12-13-7-5-4-6-8-13/h13-14,16H,2-12H2,1H3. The average Bonchev–Trinajstić information content (AvgIpc) is 2.38. The molecule has 0 spiro atoms. The van der Waals surface area contributed by atoms with E-state index in [4.69, 9.17) is 4.74 Å². The van der Waals surface area contributed by atoms with Crippen LogP contribution in [0.4, 0.5) is 0 Å². The number of aliphatic hydroxyl groups excluding tert-OH is 1. The zero-order valence-electron chi connectivity index (χ0n) is 11.7. The Morgan fingerprint density at radius 2 is 2.06 bits per heavy atom. The minimum Gasteiger partial charge on any atom is -0.466 e. The molecule has 3 heteroatoms. The molecule has 0 radical (unpaired) electrons. The number of hydrogen-bond acceptors (Lipinski definition) is 3. The van der Waals surface area contributed by atoms with E-state index in [9.17, 15) is 9.90 Å². The van der Waals surface area contributed by atoms with Gasteiger partial charge in [0.05, 0.1) is 12.7 Å². The average molecular weight is 256 g/mol. The van der Waals surface area contributed by atoms with Gasteiger partial charge in [0, 0.05) is 6.42 Å². The summed E-state index contributed by atoms with van der Waals surface area (Å²) < 4.78 is 5.07. The highest BCUT2D eigenvalue weighted by Crippen LogP contribution is 2.28. The van der Waals surface area contributed by atoms with Crippen molar-refractivity contribution >= 4 is 5.97 Å². The Labute approximate surface area is 111 Å². The molecule has 3 nitrogen and oxygen atoms in total. The second kappa shape index (κ2) is 9.37. The molecule has 1 fully saturated rings. The van der Waals surface area contributed by atoms with Crippen LogP contribution in [0, 0.1) is 5.92 Å². The lowest BCUT2D eigenvalue weighted by atomic mass is 9.85. The van der Waals surface area contributed by atoms with Gasteiger partial charge in [-0.1, -0.05) is 45.4 Å². The van der Waals surface area contributed by atoms with Crippen LogP contribution in [0.15, 0.2) is 0 Å². The van der Waals surface area contributed by atoms with Crippen molar-refractivity contribution in [2.75, 3.05) is 6.61 Å². The first-order chi connectivity index (χ1) is 8.72. The van der Waals surface area contributed by atoms with E-state index in [0.717, 1.165) is 19.3 Å². The van der Waals surface area contributed by atoms with Crippen molar-refractivity contribution < 1.29 is 14.6 Å². The van der Waals surface area contributed by atoms with Gasteiger partial charge in [0.1, 0.15) is 0 Å². The molecule has 106 valence electrons. The molecule has 1 saturated carbocycles. The molecule has 1 atom stereocenters. The lowest BCUT2D eigenvalue weighted by Gasteiger charge is -2.23. The van der Waals surface area contributed by atoms with Gasteiger partial charge in [0.15, 0.2) is 0 Å². The summed E-state index contributed by atoms with van der Waals surface area (Å²) in [5.74, 6) is 0.510. The third kappa shape index (κ3) is 7.00. The van der Waals surface area contributed by atoms with Crippen molar-refractivity contribution in [3.8, 4) is 0 Å². The molecule has 0 aliphatic heterocycles. The van der Waals surface area contributed by atoms with E-state index in [-0.39, 0.29) is 12.1 Å². The molecule has 1 rings (SSSR count). The molecule has 0 aromatic heterocycles. The van der Waals surface area contributed by atoms with E-state index in [2.05, 4.69) is 6.92 Å². The van der Waals surface area contributed by atoms with E-state index in [1.807, 2.05) is 0 Å². The summed E-state index contributed by atoms with van der Waals surface area (Å²) in [6.07, 6.45) is 9.86. The van der Waals surface area contributed by atoms with Crippen molar-refractivity contribution in [1.82, 2.24) is 0 Å². The van der Waals surface area contributed by atoms with Crippen LogP contribution < -0.4 is 0 Å². The normalized spacial score (nSPS) is 18.6. The lowest BCUT2D eigenvalue weighted by molar-refractivity contribution is -0.144. The zero-order valence-corrected chi connectivity index (χ0v) is 11.7. The Balaban J connectivity index is 2.04. The molecule has 0 saturated heterocycles. The van der Waals surface area contributed by atoms with E-state index in [1.165, 1.54) is 32.1 Å². The summed E-state index contributed by atoms with van der Waals surface area (Å²) in [6.45, 7) is 2.59. The van der Waals surface area contributed by atoms with E-state index in [1.54, 1.807) is 0 Å². The number of esters is 1. The highest BCUT2D eigenvalue weighted by Gasteiger charge is 2.18. The van der Waals surface area contributed by atoms with Gasteiger partial charge < -0.3 is 9.84 Å². The van der Waals surface area contributed by atoms with Gasteiger partial charge in [-0.3, -0.25) is 4.79 Å². The molecule has 1 N–H and O–H groups in total. The van der Waals surface area contributed by atoms with Gasteiger partial charge in [-0.15, -0.1) is 0 Å². The second-order valence-corrected chi connectivity index (χ2v) is 5.51. The molecule has 1 aliphatic carbocycles. The predicted octanol–water partition coefficient (Wildman–Crippen LogP) is 3.44. The summed E-state index contributed by atoms with van der Waals surface area (Å²) >= 11 is 0. The monoisotopic (exact) mass is 256 g/mol. The van der Waals surface area contributed by atoms with Gasteiger partial charge in [0.25, 0.3) is 0 Å². The third-order valence-electron chi connectivity index (χ3n) is 3.77. The van der Waals surface area contributed by atoms with Crippen LogP contribution in [-0.2, 0) is 9.53 Å². The largest absolute Gasteiger partial charge is 0.466 e. The topological polar surface area (TPSA) is 46.5 Å². The number of carbonyl (C=O) groups is 1. The number of aliphatic hydroxyl groups is 1. The fourth-order valence-electron chi connectivity index (χ4n) is 2.61. The Kier molecular flexibility index (Phi) is 8.06. The zero-order chi connectivity index (χ0) is 13.2. The Bertz CT molecular complexity index is 222. The van der Waals surface area contributed by atoms with Crippen molar-refractivity contribution in [3.05, 3.63) is 0 Å². The van der Waals surface area contributed by atoms with Gasteiger partial charge in [-0.2, -0.15) is 0 Å². The highest BCUT2D eigenvalue weighted by atomic mass is 16.5. The molecular formula is C15H28O3. The van der Waals surface area contributed by atoms with Crippen molar-refractivity contribution in [2.45, 2.75) is 77.2 Å². The maximum Gasteiger partial charge on any atom is 0.305 e. The molecular weight excluding hydrogens is 228 g/mol. The van der Waals surface area contributed by atoms with Crippen molar-refractivity contribution in [3.63, 3.8) is 0 Å². The molecule has 0 aromatic rings. The van der Waals surface area contributed by atoms with Crippen LogP contribution in [0.3, 0.4) is 0 Å². The summed E-state index contributed by atoms with van der Waals surface area (Å²) in [5, 5.41) is 9.91. The van der Waals surface area contributed by atoms with Gasteiger partial charge in [-0.05, 0) is 25.2 Å². The van der Waals surface area contributed by atoms with Crippen molar-refractivity contribution in [2.24, 2.45) is 5.92 Å². The fraction of sp³-hybridized carbons (Fsp3) is 0.933. The number of rotatable bonds is 8. The SMILES string of the molecule is CCCCOC(=O)CCC(O)CC1CCCCC1. The van der Waals surface area contributed by atoms with Crippen LogP contribution in [0.25, 0.3) is 0 Å². The molecule has 1 unspecified atom stereocenters. The summed E-state index contributed by atoms with van der Waals surface area (Å²) in [7, 11) is 0. The summed E-state index contributed by atoms with van der Waals surface area (Å²) in [6, 6.07) is 0. The molecule has 0 bridgehead atoms. The van der Waals surface area contributed by atoms with E-state index >= 15 is 0 Å². The van der Waals surface area contributed by atoms with Gasteiger partial charge in [0.2, 0.25) is 0 Å². The van der Waals surface area contributed by atoms with Crippen LogP contribution in [0.5, 0.6) is 0 Å². The molecule has 0 heterocycles. The third-order valence-corrected chi connectivity index (χ3v) is 3.77. The number of carbonyl (C=O) groups excluding carboxylic acids is 1. The number of hydrogen-bond donors (Lipinski definition) is 1. The summed E-state index contributed by atoms with van der Waals surface area (Å²) in [5.41, 5.74) is 0. The molecule has 0 aromatic carbocycles. The van der Waals surface area contributed by atoms with Crippen LogP contribution in [-0.4, -0.2) is 23.8 Å². The highest BCUT2D eigenvalue weighted by molar-refractivity contribution is 5.69. The molecule has 0 amide bonds. The summed E-state index contributed by atoms with van der Waals surface area (Å²) in [4.78, 5) is 11.4. The minimum atomic E-state index is -0.327. The molecule has 18 heavy (non-hydrogen) atoms. The van der Waals surface area contributed by atoms with E-state index in [0.29, 0.717) is 25.4 Å². The lowest BCUT2D eigenvalue weighted by Crippen LogP contribution is -2.18. The Morgan fingerprint density at radius 3 is 2.72 bits per heavy atom. The van der Waals surface area contributed by atoms with Crippen LogP contribution >= 0.6 is 0 Å². The Hall–Kier alpha value is -0.570. The van der Waals surface area contributed by atoms with Gasteiger partial charge >= 0.3 is 5.97 Å². The smallest absolute Gasteiger partial charge is 0.305 e. The maximum absolute atomic E-state index is 11.4. The first-order valence-electron chi connectivity index (χ1n) is 7.56. The van der Waals surface area contributed by atoms with Gasteiger partial charge in [-0.25, -0.2) is 0 Å². The second-order valence-electron chi connectivity index (χ2n) is 5.51. The molecule has 1 aliphatic rings. The maximum atomic E-state index is 11.4. The predicted molar refractivity (Wildman–Crippen MR) is 72.3 cm³/mol. The first kappa shape index (κ1) is 15.5. The van der Waals surface area contributed by atoms with Crippen molar-refractivity contribution in [1.29, 1.82) is 0 Å². The fourth-order valence-corrected chi connectivity index (χ4v) is 2.61. The number of unbranched alkanes of at least 4 members (excludes halogenated alkanes) is 1. The number of ether oxygens (including phenoxy) is 1. The van der Waals surface area contributed by atoms with Crippen LogP contribution in [0.2, 0.25) is 0 Å². The minimum absolute atomic E-state index is 0.161. The Morgan fingerprint density at radius 1 is 1.33 bits per heavy atom. The van der Waals surface area contributed by atoms with E-state index < -0.39 is 0 Å². The van der Waals surface area contributed by atoms with Crippen LogP contribution in [0.1, 0.15) is 71.1 Å². The first-order valence-corrected chi connectivity index (χ1v) is 7.56.